The Morgan fingerprint density at radius 1 is 1.29 bits per heavy atom. The standard InChI is InChI=1S/C19H26N4O/c1-4-14(2)20-19(24)17-8-6-16(7-9-17)13-22-10-5-11-23-18(22)12-15(3)21-23/h6-9,12,14H,4-5,10-11,13H2,1-3H3,(H,20,24)/t14-/m0/s1. The van der Waals surface area contributed by atoms with Gasteiger partial charge in [-0.05, 0) is 44.4 Å². The van der Waals surface area contributed by atoms with Gasteiger partial charge < -0.3 is 10.2 Å². The van der Waals surface area contributed by atoms with Crippen molar-refractivity contribution in [3.63, 3.8) is 0 Å². The van der Waals surface area contributed by atoms with Crippen molar-refractivity contribution in [1.29, 1.82) is 0 Å². The summed E-state index contributed by atoms with van der Waals surface area (Å²) in [5.74, 6) is 1.19. The second-order valence-corrected chi connectivity index (χ2v) is 6.62. The van der Waals surface area contributed by atoms with E-state index in [4.69, 9.17) is 0 Å². The predicted molar refractivity (Wildman–Crippen MR) is 96.3 cm³/mol. The number of nitrogens with one attached hydrogen (secondary N) is 1. The summed E-state index contributed by atoms with van der Waals surface area (Å²) in [5, 5.41) is 7.54. The van der Waals surface area contributed by atoms with Crippen molar-refractivity contribution in [2.24, 2.45) is 0 Å². The van der Waals surface area contributed by atoms with Crippen LogP contribution in [0.5, 0.6) is 0 Å². The van der Waals surface area contributed by atoms with Crippen LogP contribution in [-0.2, 0) is 13.1 Å². The summed E-state index contributed by atoms with van der Waals surface area (Å²) in [6.07, 6.45) is 2.05. The minimum Gasteiger partial charge on any atom is -0.352 e. The minimum absolute atomic E-state index is 0.00238. The number of aryl methyl sites for hydroxylation is 2. The third-order valence-electron chi connectivity index (χ3n) is 4.58. The molecule has 0 saturated heterocycles. The number of benzene rings is 1. The van der Waals surface area contributed by atoms with Crippen molar-refractivity contribution in [3.8, 4) is 0 Å². The van der Waals surface area contributed by atoms with Crippen LogP contribution in [0.3, 0.4) is 0 Å². The molecule has 1 aromatic heterocycles. The van der Waals surface area contributed by atoms with Gasteiger partial charge in [-0.15, -0.1) is 0 Å². The van der Waals surface area contributed by atoms with Gasteiger partial charge in [-0.1, -0.05) is 19.1 Å². The fraction of sp³-hybridized carbons (Fsp3) is 0.474. The van der Waals surface area contributed by atoms with Crippen LogP contribution in [0, 0.1) is 6.92 Å². The van der Waals surface area contributed by atoms with Crippen LogP contribution in [-0.4, -0.2) is 28.3 Å². The lowest BCUT2D eigenvalue weighted by Crippen LogP contribution is -2.32. The third-order valence-corrected chi connectivity index (χ3v) is 4.58. The SMILES string of the molecule is CC[C@H](C)NC(=O)c1ccc(CN2CCCn3nc(C)cc32)cc1. The number of rotatable bonds is 5. The topological polar surface area (TPSA) is 50.2 Å². The Morgan fingerprint density at radius 3 is 2.75 bits per heavy atom. The quantitative estimate of drug-likeness (QED) is 0.918. The van der Waals surface area contributed by atoms with Crippen LogP contribution in [0.25, 0.3) is 0 Å². The maximum absolute atomic E-state index is 12.1. The molecule has 1 aliphatic heterocycles. The number of anilines is 1. The van der Waals surface area contributed by atoms with E-state index in [0.29, 0.717) is 0 Å². The average molecular weight is 326 g/mol. The molecular formula is C19H26N4O. The Morgan fingerprint density at radius 2 is 2.04 bits per heavy atom. The molecule has 24 heavy (non-hydrogen) atoms. The van der Waals surface area contributed by atoms with E-state index in [0.717, 1.165) is 43.7 Å². The first kappa shape index (κ1) is 16.6. The third kappa shape index (κ3) is 3.61. The zero-order chi connectivity index (χ0) is 17.1. The van der Waals surface area contributed by atoms with Gasteiger partial charge in [0.25, 0.3) is 5.91 Å². The summed E-state index contributed by atoms with van der Waals surface area (Å²) >= 11 is 0. The summed E-state index contributed by atoms with van der Waals surface area (Å²) in [4.78, 5) is 14.5. The van der Waals surface area contributed by atoms with Gasteiger partial charge in [-0.25, -0.2) is 4.68 Å². The van der Waals surface area contributed by atoms with Gasteiger partial charge in [0.2, 0.25) is 0 Å². The van der Waals surface area contributed by atoms with Crippen molar-refractivity contribution in [3.05, 3.63) is 47.2 Å². The van der Waals surface area contributed by atoms with Crippen molar-refractivity contribution < 1.29 is 4.79 Å². The van der Waals surface area contributed by atoms with Crippen LogP contribution in [0.15, 0.2) is 30.3 Å². The molecule has 2 heterocycles. The molecule has 1 N–H and O–H groups in total. The Balaban J connectivity index is 1.68. The molecule has 0 spiro atoms. The van der Waals surface area contributed by atoms with Crippen LogP contribution in [0.4, 0.5) is 5.82 Å². The zero-order valence-corrected chi connectivity index (χ0v) is 14.7. The highest BCUT2D eigenvalue weighted by Crippen LogP contribution is 2.23. The maximum atomic E-state index is 12.1. The number of aromatic nitrogens is 2. The van der Waals surface area contributed by atoms with Crippen LogP contribution in [0.2, 0.25) is 0 Å². The molecule has 0 radical (unpaired) electrons. The first-order valence-corrected chi connectivity index (χ1v) is 8.76. The van der Waals surface area contributed by atoms with E-state index in [1.54, 1.807) is 0 Å². The zero-order valence-electron chi connectivity index (χ0n) is 14.7. The number of carbonyl (C=O) groups is 1. The molecule has 5 nitrogen and oxygen atoms in total. The van der Waals surface area contributed by atoms with Crippen LogP contribution < -0.4 is 10.2 Å². The van der Waals surface area contributed by atoms with Gasteiger partial charge in [0.1, 0.15) is 5.82 Å². The van der Waals surface area contributed by atoms with E-state index in [1.807, 2.05) is 38.1 Å². The maximum Gasteiger partial charge on any atom is 0.251 e. The molecule has 0 saturated carbocycles. The summed E-state index contributed by atoms with van der Waals surface area (Å²) in [6, 6.07) is 10.3. The molecule has 5 heteroatoms. The van der Waals surface area contributed by atoms with Gasteiger partial charge in [0.15, 0.2) is 0 Å². The van der Waals surface area contributed by atoms with E-state index < -0.39 is 0 Å². The molecule has 1 amide bonds. The molecule has 128 valence electrons. The highest BCUT2D eigenvalue weighted by atomic mass is 16.1. The molecule has 0 aliphatic carbocycles. The van der Waals surface area contributed by atoms with E-state index >= 15 is 0 Å². The molecule has 1 aliphatic rings. The number of hydrogen-bond donors (Lipinski definition) is 1. The number of hydrogen-bond acceptors (Lipinski definition) is 3. The number of carbonyl (C=O) groups excluding carboxylic acids is 1. The fourth-order valence-corrected chi connectivity index (χ4v) is 3.03. The molecule has 0 unspecified atom stereocenters. The molecule has 0 fully saturated rings. The fourth-order valence-electron chi connectivity index (χ4n) is 3.03. The Bertz CT molecular complexity index is 705. The van der Waals surface area contributed by atoms with Crippen LogP contribution in [0.1, 0.15) is 48.3 Å². The van der Waals surface area contributed by atoms with E-state index in [2.05, 4.69) is 33.0 Å². The van der Waals surface area contributed by atoms with Gasteiger partial charge >= 0.3 is 0 Å². The van der Waals surface area contributed by atoms with Crippen molar-refractivity contribution in [2.45, 2.75) is 52.7 Å². The molecule has 1 aromatic carbocycles. The van der Waals surface area contributed by atoms with Crippen LogP contribution >= 0.6 is 0 Å². The normalized spacial score (nSPS) is 15.0. The lowest BCUT2D eigenvalue weighted by Gasteiger charge is -2.29. The second-order valence-electron chi connectivity index (χ2n) is 6.62. The highest BCUT2D eigenvalue weighted by Gasteiger charge is 2.18. The average Bonchev–Trinajstić information content (AvgIpc) is 2.96. The number of fused-ring (bicyclic) bond motifs is 1. The summed E-state index contributed by atoms with van der Waals surface area (Å²) in [6.45, 7) is 9.01. The molecule has 2 aromatic rings. The summed E-state index contributed by atoms with van der Waals surface area (Å²) in [7, 11) is 0. The van der Waals surface area contributed by atoms with Gasteiger partial charge in [0.05, 0.1) is 5.69 Å². The first-order valence-electron chi connectivity index (χ1n) is 8.76. The summed E-state index contributed by atoms with van der Waals surface area (Å²) < 4.78 is 2.09. The van der Waals surface area contributed by atoms with Crippen molar-refractivity contribution in [2.75, 3.05) is 11.4 Å². The van der Waals surface area contributed by atoms with Crippen molar-refractivity contribution >= 4 is 11.7 Å². The lowest BCUT2D eigenvalue weighted by molar-refractivity contribution is 0.0939. The van der Waals surface area contributed by atoms with Gasteiger partial charge in [-0.2, -0.15) is 5.10 Å². The first-order chi connectivity index (χ1) is 11.6. The second kappa shape index (κ2) is 7.07. The van der Waals surface area contributed by atoms with E-state index in [1.165, 1.54) is 11.4 Å². The Labute approximate surface area is 143 Å². The number of nitrogens with zero attached hydrogens (tertiary/aromatic N) is 3. The predicted octanol–water partition coefficient (Wildman–Crippen LogP) is 3.13. The highest BCUT2D eigenvalue weighted by molar-refractivity contribution is 5.94. The van der Waals surface area contributed by atoms with E-state index in [9.17, 15) is 4.79 Å². The Hall–Kier alpha value is -2.30. The summed E-state index contributed by atoms with van der Waals surface area (Å²) in [5.41, 5.74) is 3.00. The van der Waals surface area contributed by atoms with Gasteiger partial charge in [0, 0.05) is 37.3 Å². The minimum atomic E-state index is 0.00238. The molecule has 3 rings (SSSR count). The molecule has 1 atom stereocenters. The molecular weight excluding hydrogens is 300 g/mol. The lowest BCUT2D eigenvalue weighted by atomic mass is 10.1. The Kier molecular flexibility index (Phi) is 4.88. The largest absolute Gasteiger partial charge is 0.352 e. The monoisotopic (exact) mass is 326 g/mol. The molecule has 0 bridgehead atoms. The van der Waals surface area contributed by atoms with Gasteiger partial charge in [-0.3, -0.25) is 4.79 Å². The smallest absolute Gasteiger partial charge is 0.251 e. The van der Waals surface area contributed by atoms with E-state index in [-0.39, 0.29) is 11.9 Å². The number of amides is 1. The van der Waals surface area contributed by atoms with Crippen molar-refractivity contribution in [1.82, 2.24) is 15.1 Å².